The molecule has 714 valence electrons. The molecule has 2 saturated heterocycles. The number of urea groups is 1. The summed E-state index contributed by atoms with van der Waals surface area (Å²) in [5.41, 5.74) is 29.7. The summed E-state index contributed by atoms with van der Waals surface area (Å²) in [5, 5.41) is 57.3. The van der Waals surface area contributed by atoms with Crippen molar-refractivity contribution in [1.29, 1.82) is 0 Å². The smallest absolute Gasteiger partial charge is 0.326 e. The fraction of sp³-hybridized carbons (Fsp3) is 0.575. The Morgan fingerprint density at radius 3 is 1.40 bits per heavy atom. The van der Waals surface area contributed by atoms with Gasteiger partial charge in [0.25, 0.3) is 22.9 Å². The first kappa shape index (κ1) is 105. The van der Waals surface area contributed by atoms with Crippen molar-refractivity contribution in [1.82, 2.24) is 87.7 Å². The first-order chi connectivity index (χ1) is 63.5. The minimum Gasteiger partial charge on any atom is -0.480 e. The van der Waals surface area contributed by atoms with Crippen LogP contribution < -0.4 is 81.1 Å². The number of ether oxygens (including phenoxy) is 9. The number of hydrogen-bond acceptors (Lipinski definition) is 34. The molecule has 6 atom stereocenters. The van der Waals surface area contributed by atoms with Crippen LogP contribution in [0.5, 0.6) is 0 Å². The van der Waals surface area contributed by atoms with Gasteiger partial charge in [-0.25, -0.2) is 34.3 Å². The third kappa shape index (κ3) is 42.5. The van der Waals surface area contributed by atoms with Crippen LogP contribution in [0, 0.1) is 0 Å². The number of benzene rings is 2. The van der Waals surface area contributed by atoms with Gasteiger partial charge in [-0.1, -0.05) is 23.1 Å². The molecular formula is C80H115N27O23S. The molecular weight excluding hydrogens is 1740 g/mol. The van der Waals surface area contributed by atoms with Crippen molar-refractivity contribution in [2.75, 3.05) is 186 Å². The minimum atomic E-state index is -1.33. The molecule has 51 heteroatoms. The lowest BCUT2D eigenvalue weighted by Gasteiger charge is -2.18. The number of nitrogens with one attached hydrogen (secondary N) is 13. The van der Waals surface area contributed by atoms with E-state index in [1.165, 1.54) is 36.7 Å². The minimum absolute atomic E-state index is 0.0331. The molecule has 9 amide bonds. The van der Waals surface area contributed by atoms with E-state index in [1.54, 1.807) is 24.3 Å². The summed E-state index contributed by atoms with van der Waals surface area (Å²) in [6.07, 6.45) is 8.19. The third-order valence-corrected chi connectivity index (χ3v) is 20.6. The van der Waals surface area contributed by atoms with E-state index >= 15 is 0 Å². The summed E-state index contributed by atoms with van der Waals surface area (Å²) in [7, 11) is 0. The van der Waals surface area contributed by atoms with Gasteiger partial charge in [-0.2, -0.15) is 21.7 Å². The molecule has 6 heterocycles. The lowest BCUT2D eigenvalue weighted by molar-refractivity contribution is -0.140. The van der Waals surface area contributed by atoms with Crippen LogP contribution in [-0.4, -0.2) is 309 Å². The summed E-state index contributed by atoms with van der Waals surface area (Å²) < 4.78 is 49.0. The quantitative estimate of drug-likeness (QED) is 0.00837. The predicted octanol–water partition coefficient (Wildman–Crippen LogP) is 1.14. The standard InChI is InChI=1S/C53H80N16O15S.C27H35N11O8/c54-52-67-47-46(50(75)68-52)62-37(32-60-47)31-59-36-12-10-35(11-13-36)48(73)64-39(51(76)77)14-15-43(71)57-19-22-81-25-28-83-29-30-84-33-44(72)63-38(7-3-4-18-61-69-55)49(74)58-17-6-21-80-24-27-82-26-23-79-20-5-16-56-42(70)9-2-1-8-41-45-40(34-85-41)65-53(78)66-45;28-27-36-23-22(25(41)37-27)34-19(16-32-23)15-31-18-3-1-17(2-4-18)24(40)35-20(26(42)43)5-6-21(39)30-7-9-44-11-13-46-14-12-45-10-8-33-38-29/h10-13,32,38-41,45,59H,1-9,14-31,33-34H2,(H,56,70)(H,57,71)(H,58,74)(H,63,72)(H,64,73)(H,76,77)(H2,65,66,78)(H3,54,60,67,68,75);1-4,16,20,31H,5-15H2,(H,30,39)(H,35,40)(H,42,43)(H3,28,32,36,37,41)/t38-,39-,40-,41+,45-;20-/m11/s1. The summed E-state index contributed by atoms with van der Waals surface area (Å²) in [6.45, 7) is 7.05. The highest BCUT2D eigenvalue weighted by Gasteiger charge is 2.42. The molecule has 4 aromatic heterocycles. The van der Waals surface area contributed by atoms with E-state index in [0.717, 1.165) is 25.0 Å². The van der Waals surface area contributed by atoms with Crippen LogP contribution in [0.2, 0.25) is 0 Å². The highest BCUT2D eigenvalue weighted by atomic mass is 32.2. The molecule has 2 aliphatic heterocycles. The maximum atomic E-state index is 13.0. The third-order valence-electron chi connectivity index (χ3n) is 19.1. The highest BCUT2D eigenvalue weighted by Crippen LogP contribution is 2.33. The van der Waals surface area contributed by atoms with Gasteiger partial charge < -0.3 is 123 Å². The van der Waals surface area contributed by atoms with Crippen molar-refractivity contribution in [2.45, 2.75) is 132 Å². The molecule has 2 aromatic carbocycles. The Morgan fingerprint density at radius 2 is 0.916 bits per heavy atom. The summed E-state index contributed by atoms with van der Waals surface area (Å²) >= 11 is 1.88. The van der Waals surface area contributed by atoms with Gasteiger partial charge in [0.1, 0.15) is 24.7 Å². The first-order valence-electron chi connectivity index (χ1n) is 42.6. The predicted molar refractivity (Wildman–Crippen MR) is 475 cm³/mol. The number of nitrogens with two attached hydrogens (primary N) is 2. The second-order valence-corrected chi connectivity index (χ2v) is 30.3. The van der Waals surface area contributed by atoms with Crippen molar-refractivity contribution in [3.63, 3.8) is 0 Å². The van der Waals surface area contributed by atoms with Crippen LogP contribution >= 0.6 is 11.8 Å². The average Bonchev–Trinajstić information content (AvgIpc) is 1.00. The van der Waals surface area contributed by atoms with E-state index < -0.39 is 64.8 Å². The lowest BCUT2D eigenvalue weighted by Crippen LogP contribution is -2.48. The number of hydrogen-bond donors (Lipinski definition) is 17. The van der Waals surface area contributed by atoms with E-state index in [4.69, 9.17) is 65.2 Å². The van der Waals surface area contributed by atoms with Crippen LogP contribution in [0.15, 0.2) is 80.7 Å². The molecule has 0 aliphatic carbocycles. The van der Waals surface area contributed by atoms with Gasteiger partial charge in [0, 0.05) is 115 Å². The number of anilines is 4. The Morgan fingerprint density at radius 1 is 0.473 bits per heavy atom. The Balaban J connectivity index is 0.000000428. The number of nitrogen functional groups attached to an aromatic ring is 2. The number of aromatic nitrogens is 8. The summed E-state index contributed by atoms with van der Waals surface area (Å²) in [5.74, 6) is -4.65. The second-order valence-electron chi connectivity index (χ2n) is 29.0. The molecule has 19 N–H and O–H groups in total. The molecule has 8 rings (SSSR count). The number of carbonyl (C=O) groups excluding carboxylic acids is 8. The number of carbonyl (C=O) groups is 10. The molecule has 0 spiro atoms. The topological polar surface area (TPSA) is 719 Å². The lowest BCUT2D eigenvalue weighted by atomic mass is 10.0. The number of unbranched alkanes of at least 4 members (excludes halogenated alkanes) is 2. The Bertz CT molecular complexity index is 4820. The van der Waals surface area contributed by atoms with Crippen LogP contribution in [0.25, 0.3) is 43.2 Å². The number of H-pyrrole nitrogens is 2. The molecule has 2 aliphatic rings. The average molecular weight is 1860 g/mol. The Labute approximate surface area is 755 Å². The fourth-order valence-corrected chi connectivity index (χ4v) is 14.0. The zero-order chi connectivity index (χ0) is 94.0. The summed E-state index contributed by atoms with van der Waals surface area (Å²) in [6, 6.07) is 9.39. The number of thioether (sulfide) groups is 1. The van der Waals surface area contributed by atoms with E-state index in [9.17, 15) is 67.7 Å². The molecule has 0 saturated carbocycles. The van der Waals surface area contributed by atoms with Crippen LogP contribution in [0.1, 0.15) is 116 Å². The van der Waals surface area contributed by atoms with E-state index in [-0.39, 0.29) is 192 Å². The SMILES string of the molecule is [N-]=[N+]=NCCCC[C@@H](NC(=O)COCCOCCOCCNC(=O)CC[C@@H](NC(=O)c1ccc(NCc2cnc3nc(N)[nH]c(=O)c3n2)cc1)C(=O)O)C(=O)NCCCOCCOCCOCCCNC(=O)CCCC[C@@H]1SC[C@H]2NC(=O)N[C@@H]12.[N-]=[N+]=NCCOCCOCCOCCNC(=O)CC[C@@H](NC(=O)c1ccc(NCc2cnc3nc(N)[nH]c(=O)c3n2)cc1)C(=O)O. The first-order valence-corrected chi connectivity index (χ1v) is 43.7. The number of carboxylic acids is 2. The number of amides is 9. The second kappa shape index (κ2) is 61.7. The van der Waals surface area contributed by atoms with Crippen molar-refractivity contribution < 1.29 is 101 Å². The van der Waals surface area contributed by atoms with Gasteiger partial charge in [0.05, 0.1) is 148 Å². The van der Waals surface area contributed by atoms with E-state index in [0.29, 0.717) is 152 Å². The van der Waals surface area contributed by atoms with Gasteiger partial charge in [-0.15, -0.1) is 0 Å². The van der Waals surface area contributed by atoms with Gasteiger partial charge in [-0.3, -0.25) is 53.1 Å². The molecule has 0 bridgehead atoms. The van der Waals surface area contributed by atoms with Crippen molar-refractivity contribution >= 4 is 117 Å². The van der Waals surface area contributed by atoms with Crippen molar-refractivity contribution in [3.8, 4) is 0 Å². The Hall–Kier alpha value is -12.8. The van der Waals surface area contributed by atoms with Crippen LogP contribution in [0.3, 0.4) is 0 Å². The number of carboxylic acid groups (broad SMARTS) is 2. The van der Waals surface area contributed by atoms with Gasteiger partial charge in [0.15, 0.2) is 22.3 Å². The maximum absolute atomic E-state index is 13.0. The number of aromatic amines is 2. The van der Waals surface area contributed by atoms with E-state index in [1.807, 2.05) is 11.8 Å². The number of aliphatic carboxylic acids is 2. The molecule has 131 heavy (non-hydrogen) atoms. The van der Waals surface area contributed by atoms with Crippen LogP contribution in [-0.2, 0) is 89.3 Å². The highest BCUT2D eigenvalue weighted by molar-refractivity contribution is 8.00. The van der Waals surface area contributed by atoms with Gasteiger partial charge >= 0.3 is 18.0 Å². The molecule has 0 radical (unpaired) electrons. The Kier molecular flexibility index (Phi) is 49.5. The number of fused-ring (bicyclic) bond motifs is 3. The normalized spacial score (nSPS) is 14.3. The number of azide groups is 2. The van der Waals surface area contributed by atoms with Crippen LogP contribution in [0.4, 0.5) is 28.1 Å². The monoisotopic (exact) mass is 1850 g/mol. The molecule has 6 aromatic rings. The molecule has 2 fully saturated rings. The zero-order valence-electron chi connectivity index (χ0n) is 72.4. The van der Waals surface area contributed by atoms with Gasteiger partial charge in [-0.05, 0) is 111 Å². The molecule has 0 unspecified atom stereocenters. The number of rotatable bonds is 67. The van der Waals surface area contributed by atoms with Gasteiger partial charge in [0.2, 0.25) is 41.4 Å². The van der Waals surface area contributed by atoms with Crippen molar-refractivity contribution in [3.05, 3.63) is 125 Å². The summed E-state index contributed by atoms with van der Waals surface area (Å²) in [4.78, 5) is 182. The van der Waals surface area contributed by atoms with E-state index in [2.05, 4.69) is 118 Å². The zero-order valence-corrected chi connectivity index (χ0v) is 73.2. The molecule has 50 nitrogen and oxygen atoms in total. The van der Waals surface area contributed by atoms with Crippen molar-refractivity contribution in [2.24, 2.45) is 10.2 Å². The fourth-order valence-electron chi connectivity index (χ4n) is 12.4. The number of nitrogens with zero attached hydrogens (tertiary/aromatic N) is 12. The maximum Gasteiger partial charge on any atom is 0.326 e. The largest absolute Gasteiger partial charge is 0.480 e.